The van der Waals surface area contributed by atoms with Gasteiger partial charge in [0.05, 0.1) is 4.90 Å². The van der Waals surface area contributed by atoms with Crippen LogP contribution in [0.3, 0.4) is 0 Å². The molecule has 172 valence electrons. The van der Waals surface area contributed by atoms with E-state index in [0.29, 0.717) is 11.5 Å². The minimum Gasteiger partial charge on any atom is -0.460 e. The molecule has 0 unspecified atom stereocenters. The summed E-state index contributed by atoms with van der Waals surface area (Å²) in [5.74, 6) is 0. The number of aromatic nitrogens is 2. The molecule has 0 amide bonds. The third kappa shape index (κ3) is 9.78. The van der Waals surface area contributed by atoms with Crippen molar-refractivity contribution in [1.82, 2.24) is 10.2 Å². The molecule has 0 aliphatic heterocycles. The van der Waals surface area contributed by atoms with Crippen molar-refractivity contribution >= 4 is 33.0 Å². The number of nitrogens with one attached hydrogen (secondary N) is 1. The molecule has 2 aromatic rings. The van der Waals surface area contributed by atoms with Crippen LogP contribution in [0.4, 0.5) is 5.13 Å². The van der Waals surface area contributed by atoms with E-state index in [0.717, 1.165) is 29.7 Å². The number of benzene rings is 1. The molecule has 0 bridgehead atoms. The largest absolute Gasteiger partial charge is 0.460 e. The van der Waals surface area contributed by atoms with Crippen LogP contribution in [0.1, 0.15) is 81.7 Å². The van der Waals surface area contributed by atoms with E-state index in [9.17, 15) is 13.2 Å². The fraction of sp³-hybridized carbons (Fsp3) is 0.591. The Hall–Kier alpha value is -2.00. The van der Waals surface area contributed by atoms with Gasteiger partial charge in [-0.05, 0) is 30.5 Å². The van der Waals surface area contributed by atoms with E-state index in [1.165, 1.54) is 57.8 Å². The highest BCUT2D eigenvalue weighted by atomic mass is 32.2. The van der Waals surface area contributed by atoms with Crippen LogP contribution in [0.15, 0.2) is 29.2 Å². The molecule has 0 spiro atoms. The van der Waals surface area contributed by atoms with E-state index in [1.54, 1.807) is 12.1 Å². The predicted molar refractivity (Wildman–Crippen MR) is 124 cm³/mol. The summed E-state index contributed by atoms with van der Waals surface area (Å²) in [6.45, 7) is 2.52. The van der Waals surface area contributed by atoms with Gasteiger partial charge >= 0.3 is 0 Å². The van der Waals surface area contributed by atoms with Crippen LogP contribution in [-0.4, -0.2) is 25.1 Å². The van der Waals surface area contributed by atoms with Crippen LogP contribution in [0.2, 0.25) is 0 Å². The van der Waals surface area contributed by atoms with Crippen molar-refractivity contribution in [2.75, 3.05) is 4.72 Å². The summed E-state index contributed by atoms with van der Waals surface area (Å²) in [5.41, 5.74) is 1.14. The number of nitrogens with zero attached hydrogens (tertiary/aromatic N) is 2. The van der Waals surface area contributed by atoms with Gasteiger partial charge < -0.3 is 4.74 Å². The first-order valence-electron chi connectivity index (χ1n) is 11.0. The highest BCUT2D eigenvalue weighted by Crippen LogP contribution is 2.21. The van der Waals surface area contributed by atoms with Crippen LogP contribution in [0.25, 0.3) is 0 Å². The zero-order chi connectivity index (χ0) is 22.4. The molecule has 31 heavy (non-hydrogen) atoms. The van der Waals surface area contributed by atoms with Crippen molar-refractivity contribution in [3.05, 3.63) is 34.8 Å². The third-order valence-corrected chi connectivity index (χ3v) is 7.31. The number of unbranched alkanes of at least 4 members (excludes halogenated alkanes) is 9. The number of hydrogen-bond acceptors (Lipinski definition) is 7. The molecule has 7 nitrogen and oxygen atoms in total. The van der Waals surface area contributed by atoms with Crippen molar-refractivity contribution in [3.63, 3.8) is 0 Å². The maximum atomic E-state index is 12.5. The Balaban J connectivity index is 1.69. The smallest absolute Gasteiger partial charge is 0.293 e. The molecular formula is C22H33N3O4S2. The first-order chi connectivity index (χ1) is 15.0. The number of ether oxygens (including phenoxy) is 1. The van der Waals surface area contributed by atoms with Gasteiger partial charge in [0.1, 0.15) is 6.61 Å². The topological polar surface area (TPSA) is 98.2 Å². The summed E-state index contributed by atoms with van der Waals surface area (Å²) in [6, 6.07) is 6.97. The second-order valence-electron chi connectivity index (χ2n) is 7.59. The van der Waals surface area contributed by atoms with Gasteiger partial charge in [-0.1, -0.05) is 88.2 Å². The standard InChI is InChI=1S/C22H33N3O4S2/c1-2-3-4-5-6-7-8-9-10-11-12-19-13-15-20(16-14-19)31(27,28)25-22-24-23-21(30-22)17-29-18-26/h13-16,18H,2-12,17H2,1H3,(H,24,25). The quantitative estimate of drug-likeness (QED) is 0.244. The summed E-state index contributed by atoms with van der Waals surface area (Å²) >= 11 is 1.02. The van der Waals surface area contributed by atoms with E-state index >= 15 is 0 Å². The molecule has 0 aliphatic rings. The van der Waals surface area contributed by atoms with Crippen LogP contribution >= 0.6 is 11.3 Å². The lowest BCUT2D eigenvalue weighted by Gasteiger charge is -2.06. The van der Waals surface area contributed by atoms with Gasteiger partial charge in [-0.3, -0.25) is 9.52 Å². The molecule has 9 heteroatoms. The SMILES string of the molecule is CCCCCCCCCCCCc1ccc(S(=O)(=O)Nc2nnc(COC=O)s2)cc1. The van der Waals surface area contributed by atoms with Gasteiger partial charge in [0.15, 0.2) is 5.01 Å². The number of sulfonamides is 1. The average Bonchev–Trinajstić information content (AvgIpc) is 3.20. The Morgan fingerprint density at radius 1 is 0.935 bits per heavy atom. The van der Waals surface area contributed by atoms with Gasteiger partial charge in [-0.2, -0.15) is 0 Å². The van der Waals surface area contributed by atoms with Crippen molar-refractivity contribution < 1.29 is 17.9 Å². The summed E-state index contributed by atoms with van der Waals surface area (Å²) in [6.07, 6.45) is 14.0. The van der Waals surface area contributed by atoms with Gasteiger partial charge in [0.25, 0.3) is 16.5 Å². The molecule has 1 aromatic carbocycles. The van der Waals surface area contributed by atoms with Gasteiger partial charge in [-0.25, -0.2) is 8.42 Å². The van der Waals surface area contributed by atoms with Crippen molar-refractivity contribution in [2.24, 2.45) is 0 Å². The summed E-state index contributed by atoms with van der Waals surface area (Å²) in [7, 11) is -3.73. The van der Waals surface area contributed by atoms with Gasteiger partial charge in [-0.15, -0.1) is 10.2 Å². The molecule has 0 fully saturated rings. The molecule has 1 heterocycles. The van der Waals surface area contributed by atoms with E-state index in [4.69, 9.17) is 0 Å². The van der Waals surface area contributed by atoms with Crippen molar-refractivity contribution in [1.29, 1.82) is 0 Å². The Labute approximate surface area is 189 Å². The first-order valence-corrected chi connectivity index (χ1v) is 13.3. The zero-order valence-electron chi connectivity index (χ0n) is 18.2. The second-order valence-corrected chi connectivity index (χ2v) is 10.3. The minimum absolute atomic E-state index is 0.0312. The number of hydrogen-bond donors (Lipinski definition) is 1. The lowest BCUT2D eigenvalue weighted by atomic mass is 10.0. The van der Waals surface area contributed by atoms with Crippen LogP contribution < -0.4 is 4.72 Å². The maximum Gasteiger partial charge on any atom is 0.293 e. The molecule has 0 aliphatic carbocycles. The highest BCUT2D eigenvalue weighted by molar-refractivity contribution is 7.93. The molecular weight excluding hydrogens is 434 g/mol. The van der Waals surface area contributed by atoms with Gasteiger partial charge in [0.2, 0.25) is 5.13 Å². The summed E-state index contributed by atoms with van der Waals surface area (Å²) in [4.78, 5) is 10.4. The van der Waals surface area contributed by atoms with Gasteiger partial charge in [0, 0.05) is 0 Å². The molecule has 0 radical (unpaired) electrons. The monoisotopic (exact) mass is 467 g/mol. The molecule has 0 saturated carbocycles. The van der Waals surface area contributed by atoms with Crippen molar-refractivity contribution in [3.8, 4) is 0 Å². The lowest BCUT2D eigenvalue weighted by molar-refractivity contribution is -0.129. The van der Waals surface area contributed by atoms with E-state index < -0.39 is 10.0 Å². The fourth-order valence-electron chi connectivity index (χ4n) is 3.28. The highest BCUT2D eigenvalue weighted by Gasteiger charge is 2.17. The summed E-state index contributed by atoms with van der Waals surface area (Å²) in [5, 5.41) is 8.10. The third-order valence-electron chi connectivity index (χ3n) is 5.02. The first kappa shape index (κ1) is 25.3. The van der Waals surface area contributed by atoms with E-state index in [2.05, 4.69) is 26.6 Å². The van der Waals surface area contributed by atoms with E-state index in [-0.39, 0.29) is 16.6 Å². The van der Waals surface area contributed by atoms with Crippen LogP contribution in [0.5, 0.6) is 0 Å². The Morgan fingerprint density at radius 2 is 1.55 bits per heavy atom. The number of carbonyl (C=O) groups is 1. The Morgan fingerprint density at radius 3 is 2.16 bits per heavy atom. The number of aryl methyl sites for hydroxylation is 1. The molecule has 1 N–H and O–H groups in total. The molecule has 0 saturated heterocycles. The van der Waals surface area contributed by atoms with E-state index in [1.807, 2.05) is 12.1 Å². The molecule has 0 atom stereocenters. The fourth-order valence-corrected chi connectivity index (χ4v) is 5.18. The maximum absolute atomic E-state index is 12.5. The zero-order valence-corrected chi connectivity index (χ0v) is 19.8. The Bertz CT molecular complexity index is 867. The second kappa shape index (κ2) is 14.1. The van der Waals surface area contributed by atoms with Crippen LogP contribution in [-0.2, 0) is 32.6 Å². The van der Waals surface area contributed by atoms with Crippen LogP contribution in [0, 0.1) is 0 Å². The van der Waals surface area contributed by atoms with Crippen molar-refractivity contribution in [2.45, 2.75) is 89.1 Å². The minimum atomic E-state index is -3.73. The normalized spacial score (nSPS) is 11.4. The molecule has 1 aromatic heterocycles. The average molecular weight is 468 g/mol. The summed E-state index contributed by atoms with van der Waals surface area (Å²) < 4.78 is 32.0. The number of anilines is 1. The number of rotatable bonds is 17. The Kier molecular flexibility index (Phi) is 11.5. The molecule has 2 rings (SSSR count). The number of carbonyl (C=O) groups excluding carboxylic acids is 1. The lowest BCUT2D eigenvalue weighted by Crippen LogP contribution is -2.12. The predicted octanol–water partition coefficient (Wildman–Crippen LogP) is 5.48.